The molecule has 6 nitrogen and oxygen atoms in total. The summed E-state index contributed by atoms with van der Waals surface area (Å²) in [4.78, 5) is 0. The van der Waals surface area contributed by atoms with E-state index in [9.17, 15) is 10.2 Å². The van der Waals surface area contributed by atoms with Crippen molar-refractivity contribution in [2.75, 3.05) is 27.1 Å². The van der Waals surface area contributed by atoms with E-state index in [0.717, 1.165) is 29.0 Å². The normalized spacial score (nSPS) is 24.0. The van der Waals surface area contributed by atoms with Gasteiger partial charge in [-0.1, -0.05) is 12.1 Å². The highest BCUT2D eigenvalue weighted by Crippen LogP contribution is 2.43. The van der Waals surface area contributed by atoms with Crippen LogP contribution in [0.2, 0.25) is 0 Å². The number of phenols is 1. The number of rotatable bonds is 5. The fraction of sp³-hybridized carbons (Fsp3) is 0.400. The molecule has 0 bridgehead atoms. The van der Waals surface area contributed by atoms with Gasteiger partial charge in [0.25, 0.3) is 0 Å². The molecule has 0 radical (unpaired) electrons. The molecule has 138 valence electrons. The average Bonchev–Trinajstić information content (AvgIpc) is 3.28. The molecule has 2 aliphatic heterocycles. The Morgan fingerprint density at radius 3 is 2.77 bits per heavy atom. The minimum absolute atomic E-state index is 0.0184. The third kappa shape index (κ3) is 3.06. The second-order valence-corrected chi connectivity index (χ2v) is 6.68. The maximum absolute atomic E-state index is 9.98. The second kappa shape index (κ2) is 7.05. The van der Waals surface area contributed by atoms with E-state index in [4.69, 9.17) is 18.9 Å². The summed E-state index contributed by atoms with van der Waals surface area (Å²) in [7, 11) is 1.53. The highest BCUT2D eigenvalue weighted by Gasteiger charge is 2.38. The van der Waals surface area contributed by atoms with Crippen LogP contribution < -0.4 is 14.2 Å². The van der Waals surface area contributed by atoms with Crippen molar-refractivity contribution >= 4 is 0 Å². The molecule has 26 heavy (non-hydrogen) atoms. The van der Waals surface area contributed by atoms with Gasteiger partial charge in [0, 0.05) is 12.5 Å². The Morgan fingerprint density at radius 2 is 1.96 bits per heavy atom. The van der Waals surface area contributed by atoms with Crippen molar-refractivity contribution in [3.63, 3.8) is 0 Å². The molecular formula is C20H22O6. The van der Waals surface area contributed by atoms with Gasteiger partial charge in [0.1, 0.15) is 0 Å². The van der Waals surface area contributed by atoms with Crippen molar-refractivity contribution in [3.8, 4) is 23.0 Å². The Morgan fingerprint density at radius 1 is 1.12 bits per heavy atom. The number of aromatic hydroxyl groups is 1. The second-order valence-electron chi connectivity index (χ2n) is 6.68. The number of aliphatic hydroxyl groups excluding tert-OH is 1. The molecule has 3 atom stereocenters. The molecule has 0 aromatic heterocycles. The number of phenolic OH excluding ortho intramolecular Hbond substituents is 1. The summed E-state index contributed by atoms with van der Waals surface area (Å²) in [5.41, 5.74) is 2.03. The van der Waals surface area contributed by atoms with Gasteiger partial charge in [0.2, 0.25) is 6.79 Å². The molecular weight excluding hydrogens is 336 g/mol. The molecule has 3 unspecified atom stereocenters. The molecule has 1 saturated heterocycles. The van der Waals surface area contributed by atoms with E-state index in [1.165, 1.54) is 7.11 Å². The van der Waals surface area contributed by atoms with E-state index < -0.39 is 0 Å². The Labute approximate surface area is 151 Å². The van der Waals surface area contributed by atoms with Crippen LogP contribution in [0.3, 0.4) is 0 Å². The number of aliphatic hydroxyl groups is 1. The molecule has 6 heteroatoms. The third-order valence-corrected chi connectivity index (χ3v) is 5.16. The third-order valence-electron chi connectivity index (χ3n) is 5.16. The average molecular weight is 358 g/mol. The van der Waals surface area contributed by atoms with Gasteiger partial charge in [-0.25, -0.2) is 0 Å². The van der Waals surface area contributed by atoms with Crippen LogP contribution in [0.15, 0.2) is 36.4 Å². The van der Waals surface area contributed by atoms with Crippen molar-refractivity contribution in [2.45, 2.75) is 12.5 Å². The van der Waals surface area contributed by atoms with Gasteiger partial charge in [-0.2, -0.15) is 0 Å². The Hall–Kier alpha value is -2.44. The first-order valence-electron chi connectivity index (χ1n) is 8.67. The first kappa shape index (κ1) is 17.0. The van der Waals surface area contributed by atoms with E-state index in [1.807, 2.05) is 30.3 Å². The predicted octanol–water partition coefficient (Wildman–Crippen LogP) is 2.67. The molecule has 2 aromatic rings. The maximum Gasteiger partial charge on any atom is 0.231 e. The largest absolute Gasteiger partial charge is 0.504 e. The van der Waals surface area contributed by atoms with Crippen molar-refractivity contribution < 1.29 is 29.2 Å². The van der Waals surface area contributed by atoms with Gasteiger partial charge in [-0.05, 0) is 47.7 Å². The molecule has 2 aliphatic rings. The highest BCUT2D eigenvalue weighted by molar-refractivity contribution is 5.45. The molecule has 0 aliphatic carbocycles. The monoisotopic (exact) mass is 358 g/mol. The zero-order chi connectivity index (χ0) is 18.1. The minimum Gasteiger partial charge on any atom is -0.504 e. The van der Waals surface area contributed by atoms with Crippen molar-refractivity contribution in [3.05, 3.63) is 47.5 Å². The number of hydrogen-bond acceptors (Lipinski definition) is 6. The molecule has 2 heterocycles. The van der Waals surface area contributed by atoms with Crippen LogP contribution in [0.4, 0.5) is 0 Å². The molecule has 4 rings (SSSR count). The lowest BCUT2D eigenvalue weighted by atomic mass is 9.84. The van der Waals surface area contributed by atoms with E-state index >= 15 is 0 Å². The molecule has 1 fully saturated rings. The minimum atomic E-state index is -0.182. The lowest BCUT2D eigenvalue weighted by Gasteiger charge is -2.21. The molecule has 0 spiro atoms. The van der Waals surface area contributed by atoms with Crippen LogP contribution >= 0.6 is 0 Å². The lowest BCUT2D eigenvalue weighted by Crippen LogP contribution is -2.21. The number of ether oxygens (including phenoxy) is 4. The van der Waals surface area contributed by atoms with Crippen LogP contribution in [0.25, 0.3) is 0 Å². The summed E-state index contributed by atoms with van der Waals surface area (Å²) in [6.45, 7) is 0.839. The zero-order valence-corrected chi connectivity index (χ0v) is 14.6. The first-order chi connectivity index (χ1) is 12.7. The van der Waals surface area contributed by atoms with E-state index in [-0.39, 0.29) is 37.1 Å². The first-order valence-corrected chi connectivity index (χ1v) is 8.67. The summed E-state index contributed by atoms with van der Waals surface area (Å²) in [6, 6.07) is 11.1. The van der Waals surface area contributed by atoms with E-state index in [1.54, 1.807) is 6.07 Å². The van der Waals surface area contributed by atoms with E-state index in [0.29, 0.717) is 12.4 Å². The van der Waals surface area contributed by atoms with Crippen LogP contribution in [-0.2, 0) is 11.2 Å². The number of fused-ring (bicyclic) bond motifs is 1. The SMILES string of the molecule is COc1cc(CC2COC(c3ccc4c(c3)OCO4)C2CO)ccc1O. The summed E-state index contributed by atoms with van der Waals surface area (Å²) >= 11 is 0. The highest BCUT2D eigenvalue weighted by atomic mass is 16.7. The van der Waals surface area contributed by atoms with Gasteiger partial charge in [0.15, 0.2) is 23.0 Å². The van der Waals surface area contributed by atoms with Gasteiger partial charge >= 0.3 is 0 Å². The lowest BCUT2D eigenvalue weighted by molar-refractivity contribution is 0.0717. The van der Waals surface area contributed by atoms with Crippen LogP contribution in [-0.4, -0.2) is 37.3 Å². The number of hydrogen-bond donors (Lipinski definition) is 2. The molecule has 2 aromatic carbocycles. The fourth-order valence-electron chi connectivity index (χ4n) is 3.76. The van der Waals surface area contributed by atoms with Crippen molar-refractivity contribution in [1.82, 2.24) is 0 Å². The van der Waals surface area contributed by atoms with Gasteiger partial charge < -0.3 is 29.2 Å². The van der Waals surface area contributed by atoms with Crippen LogP contribution in [0.5, 0.6) is 23.0 Å². The molecule has 2 N–H and O–H groups in total. The smallest absolute Gasteiger partial charge is 0.231 e. The Bertz CT molecular complexity index is 790. The number of benzene rings is 2. The van der Waals surface area contributed by atoms with Crippen molar-refractivity contribution in [2.24, 2.45) is 11.8 Å². The summed E-state index contributed by atoms with van der Waals surface area (Å²) in [5.74, 6) is 2.18. The molecule has 0 saturated carbocycles. The summed E-state index contributed by atoms with van der Waals surface area (Å²) < 4.78 is 22.0. The Kier molecular flexibility index (Phi) is 4.61. The predicted molar refractivity (Wildman–Crippen MR) is 93.7 cm³/mol. The van der Waals surface area contributed by atoms with Crippen LogP contribution in [0.1, 0.15) is 17.2 Å². The quantitative estimate of drug-likeness (QED) is 0.856. The van der Waals surface area contributed by atoms with Gasteiger partial charge in [-0.3, -0.25) is 0 Å². The number of methoxy groups -OCH3 is 1. The summed E-state index contributed by atoms with van der Waals surface area (Å²) in [5, 5.41) is 19.7. The zero-order valence-electron chi connectivity index (χ0n) is 14.6. The van der Waals surface area contributed by atoms with E-state index in [2.05, 4.69) is 0 Å². The van der Waals surface area contributed by atoms with Crippen LogP contribution in [0, 0.1) is 11.8 Å². The van der Waals surface area contributed by atoms with Gasteiger partial charge in [-0.15, -0.1) is 0 Å². The maximum atomic E-state index is 9.98. The Balaban J connectivity index is 1.52. The standard InChI is InChI=1S/C20H22O6/c1-23-18-7-12(2-4-16(18)22)6-14-10-24-20(15(14)9-21)13-3-5-17-19(8-13)26-11-25-17/h2-5,7-8,14-15,20-22H,6,9-11H2,1H3. The van der Waals surface area contributed by atoms with Crippen molar-refractivity contribution in [1.29, 1.82) is 0 Å². The summed E-state index contributed by atoms with van der Waals surface area (Å²) in [6.07, 6.45) is 0.557. The van der Waals surface area contributed by atoms with Gasteiger partial charge in [0.05, 0.1) is 19.8 Å². The molecule has 0 amide bonds. The fourth-order valence-corrected chi connectivity index (χ4v) is 3.76. The topological polar surface area (TPSA) is 77.4 Å².